The van der Waals surface area contributed by atoms with E-state index >= 15 is 0 Å². The Bertz CT molecular complexity index is 590. The molecule has 19 heavy (non-hydrogen) atoms. The number of nitrogens with one attached hydrogen (secondary N) is 1. The second-order valence-corrected chi connectivity index (χ2v) is 6.53. The predicted molar refractivity (Wildman–Crippen MR) is 69.3 cm³/mol. The fourth-order valence-electron chi connectivity index (χ4n) is 1.44. The van der Waals surface area contributed by atoms with Crippen molar-refractivity contribution >= 4 is 15.7 Å². The highest BCUT2D eigenvalue weighted by atomic mass is 32.2. The molecule has 0 aromatic heterocycles. The molecule has 0 amide bonds. The number of aliphatic hydroxyl groups is 1. The zero-order valence-corrected chi connectivity index (χ0v) is 11.7. The van der Waals surface area contributed by atoms with Gasteiger partial charge in [-0.25, -0.2) is 13.1 Å². The molecule has 0 saturated carbocycles. The van der Waals surface area contributed by atoms with Crippen molar-refractivity contribution in [3.63, 3.8) is 0 Å². The van der Waals surface area contributed by atoms with Crippen LogP contribution >= 0.6 is 0 Å². The SMILES string of the molecule is Cc1c([N+](=O)[O-])cccc1S(=O)(=O)NCC(C)(C)O. The minimum Gasteiger partial charge on any atom is -0.389 e. The maximum absolute atomic E-state index is 12.0. The Morgan fingerprint density at radius 2 is 2.00 bits per heavy atom. The number of nitrogens with zero attached hydrogens (tertiary/aromatic N) is 1. The van der Waals surface area contributed by atoms with E-state index in [1.54, 1.807) is 0 Å². The summed E-state index contributed by atoms with van der Waals surface area (Å²) in [7, 11) is -3.89. The van der Waals surface area contributed by atoms with Crippen LogP contribution in [-0.4, -0.2) is 30.6 Å². The zero-order chi connectivity index (χ0) is 14.8. The van der Waals surface area contributed by atoms with Gasteiger partial charge in [0.25, 0.3) is 5.69 Å². The summed E-state index contributed by atoms with van der Waals surface area (Å²) in [4.78, 5) is 9.97. The minimum atomic E-state index is -3.89. The van der Waals surface area contributed by atoms with E-state index in [-0.39, 0.29) is 22.7 Å². The van der Waals surface area contributed by atoms with Gasteiger partial charge >= 0.3 is 0 Å². The Morgan fingerprint density at radius 3 is 2.47 bits per heavy atom. The van der Waals surface area contributed by atoms with Gasteiger partial charge in [0.2, 0.25) is 10.0 Å². The predicted octanol–water partition coefficient (Wildman–Crippen LogP) is 0.952. The Balaban J connectivity index is 3.16. The number of hydrogen-bond acceptors (Lipinski definition) is 5. The number of benzene rings is 1. The van der Waals surface area contributed by atoms with E-state index in [1.165, 1.54) is 39.0 Å². The van der Waals surface area contributed by atoms with Gasteiger partial charge in [-0.3, -0.25) is 10.1 Å². The molecule has 0 bridgehead atoms. The van der Waals surface area contributed by atoms with Crippen LogP contribution in [0.4, 0.5) is 5.69 Å². The molecule has 1 aromatic rings. The van der Waals surface area contributed by atoms with Crippen molar-refractivity contribution in [2.75, 3.05) is 6.54 Å². The highest BCUT2D eigenvalue weighted by Gasteiger charge is 2.24. The van der Waals surface area contributed by atoms with Crippen molar-refractivity contribution in [3.8, 4) is 0 Å². The summed E-state index contributed by atoms with van der Waals surface area (Å²) in [5, 5.41) is 20.3. The van der Waals surface area contributed by atoms with Crippen LogP contribution in [0.3, 0.4) is 0 Å². The van der Waals surface area contributed by atoms with Crippen LogP contribution in [0, 0.1) is 17.0 Å². The largest absolute Gasteiger partial charge is 0.389 e. The lowest BCUT2D eigenvalue weighted by atomic mass is 10.1. The molecule has 0 fully saturated rings. The Hall–Kier alpha value is -1.51. The van der Waals surface area contributed by atoms with Crippen molar-refractivity contribution in [2.45, 2.75) is 31.3 Å². The van der Waals surface area contributed by atoms with Crippen LogP contribution in [-0.2, 0) is 10.0 Å². The van der Waals surface area contributed by atoms with Crippen LogP contribution in [0.1, 0.15) is 19.4 Å². The number of hydrogen-bond donors (Lipinski definition) is 2. The summed E-state index contributed by atoms with van der Waals surface area (Å²) in [5.41, 5.74) is -1.40. The second-order valence-electron chi connectivity index (χ2n) is 4.79. The first-order chi connectivity index (χ1) is 8.54. The number of nitro benzene ring substituents is 1. The normalized spacial score (nSPS) is 12.4. The van der Waals surface area contributed by atoms with Gasteiger partial charge < -0.3 is 5.11 Å². The van der Waals surface area contributed by atoms with E-state index in [9.17, 15) is 23.6 Å². The van der Waals surface area contributed by atoms with Crippen molar-refractivity contribution in [1.29, 1.82) is 0 Å². The van der Waals surface area contributed by atoms with E-state index in [1.807, 2.05) is 0 Å². The van der Waals surface area contributed by atoms with Crippen LogP contribution in [0.5, 0.6) is 0 Å². The van der Waals surface area contributed by atoms with Crippen molar-refractivity contribution in [2.24, 2.45) is 0 Å². The van der Waals surface area contributed by atoms with Gasteiger partial charge in [-0.2, -0.15) is 0 Å². The van der Waals surface area contributed by atoms with E-state index in [4.69, 9.17) is 0 Å². The van der Waals surface area contributed by atoms with Gasteiger partial charge in [0.15, 0.2) is 0 Å². The molecule has 2 N–H and O–H groups in total. The lowest BCUT2D eigenvalue weighted by Gasteiger charge is -2.18. The van der Waals surface area contributed by atoms with Gasteiger partial charge in [-0.15, -0.1) is 0 Å². The van der Waals surface area contributed by atoms with Gasteiger partial charge in [0, 0.05) is 18.2 Å². The van der Waals surface area contributed by atoms with Gasteiger partial charge in [0.1, 0.15) is 0 Å². The van der Waals surface area contributed by atoms with E-state index in [2.05, 4.69) is 4.72 Å². The van der Waals surface area contributed by atoms with Crippen LogP contribution < -0.4 is 4.72 Å². The van der Waals surface area contributed by atoms with Crippen molar-refractivity contribution in [3.05, 3.63) is 33.9 Å². The second kappa shape index (κ2) is 5.24. The highest BCUT2D eigenvalue weighted by Crippen LogP contribution is 2.24. The molecule has 0 heterocycles. The number of nitro groups is 1. The Labute approximate surface area is 111 Å². The zero-order valence-electron chi connectivity index (χ0n) is 10.9. The van der Waals surface area contributed by atoms with Gasteiger partial charge in [0.05, 0.1) is 15.4 Å². The Kier molecular flexibility index (Phi) is 4.28. The topological polar surface area (TPSA) is 110 Å². The van der Waals surface area contributed by atoms with E-state index in [0.29, 0.717) is 0 Å². The first kappa shape index (κ1) is 15.5. The first-order valence-corrected chi connectivity index (χ1v) is 6.99. The van der Waals surface area contributed by atoms with Crippen LogP contribution in [0.15, 0.2) is 23.1 Å². The summed E-state index contributed by atoms with van der Waals surface area (Å²) in [6.45, 7) is 4.10. The quantitative estimate of drug-likeness (QED) is 0.619. The number of rotatable bonds is 5. The van der Waals surface area contributed by atoms with E-state index in [0.717, 1.165) is 0 Å². The lowest BCUT2D eigenvalue weighted by molar-refractivity contribution is -0.385. The highest BCUT2D eigenvalue weighted by molar-refractivity contribution is 7.89. The molecule has 1 aromatic carbocycles. The smallest absolute Gasteiger partial charge is 0.273 e. The fourth-order valence-corrected chi connectivity index (χ4v) is 2.91. The lowest BCUT2D eigenvalue weighted by Crippen LogP contribution is -2.38. The molecule has 106 valence electrons. The van der Waals surface area contributed by atoms with Gasteiger partial charge in [-0.05, 0) is 26.8 Å². The van der Waals surface area contributed by atoms with E-state index < -0.39 is 20.5 Å². The third-order valence-corrected chi connectivity index (χ3v) is 3.98. The summed E-state index contributed by atoms with van der Waals surface area (Å²) >= 11 is 0. The summed E-state index contributed by atoms with van der Waals surface area (Å²) in [6, 6.07) is 3.84. The molecule has 0 spiro atoms. The average Bonchev–Trinajstić information content (AvgIpc) is 2.25. The van der Waals surface area contributed by atoms with Crippen molar-refractivity contribution < 1.29 is 18.4 Å². The first-order valence-electron chi connectivity index (χ1n) is 5.51. The molecule has 0 unspecified atom stereocenters. The molecule has 0 radical (unpaired) electrons. The molecule has 7 nitrogen and oxygen atoms in total. The van der Waals surface area contributed by atoms with Crippen molar-refractivity contribution in [1.82, 2.24) is 4.72 Å². The minimum absolute atomic E-state index is 0.0655. The molecule has 1 rings (SSSR count). The Morgan fingerprint density at radius 1 is 1.42 bits per heavy atom. The molecule has 0 atom stereocenters. The molecule has 0 aliphatic carbocycles. The molecule has 0 aliphatic rings. The molecular weight excluding hydrogens is 272 g/mol. The fraction of sp³-hybridized carbons (Fsp3) is 0.455. The summed E-state index contributed by atoms with van der Waals surface area (Å²) < 4.78 is 26.3. The maximum Gasteiger partial charge on any atom is 0.273 e. The molecule has 0 aliphatic heterocycles. The average molecular weight is 288 g/mol. The third-order valence-electron chi connectivity index (χ3n) is 2.44. The molecular formula is C11H16N2O5S. The summed E-state index contributed by atoms with van der Waals surface area (Å²) in [6.07, 6.45) is 0. The standard InChI is InChI=1S/C11H16N2O5S/c1-8-9(13(15)16)5-4-6-10(8)19(17,18)12-7-11(2,3)14/h4-6,12,14H,7H2,1-3H3. The van der Waals surface area contributed by atoms with Crippen LogP contribution in [0.2, 0.25) is 0 Å². The molecule has 0 saturated heterocycles. The van der Waals surface area contributed by atoms with Crippen LogP contribution in [0.25, 0.3) is 0 Å². The number of sulfonamides is 1. The maximum atomic E-state index is 12.0. The van der Waals surface area contributed by atoms with Gasteiger partial charge in [-0.1, -0.05) is 6.07 Å². The monoisotopic (exact) mass is 288 g/mol. The molecule has 8 heteroatoms. The third kappa shape index (κ3) is 3.98. The summed E-state index contributed by atoms with van der Waals surface area (Å²) in [5.74, 6) is 0.